The molecule has 2 amide bonds. The summed E-state index contributed by atoms with van der Waals surface area (Å²) >= 11 is 0. The van der Waals surface area contributed by atoms with Crippen molar-refractivity contribution in [3.63, 3.8) is 0 Å². The Morgan fingerprint density at radius 3 is 2.39 bits per heavy atom. The van der Waals surface area contributed by atoms with Crippen molar-refractivity contribution in [2.45, 2.75) is 19.3 Å². The van der Waals surface area contributed by atoms with E-state index in [0.717, 1.165) is 12.1 Å². The van der Waals surface area contributed by atoms with Crippen molar-refractivity contribution in [3.8, 4) is 0 Å². The molecular weight excluding hydrogens is 378 g/mol. The van der Waals surface area contributed by atoms with Crippen molar-refractivity contribution in [1.29, 1.82) is 0 Å². The number of nitrogens with one attached hydrogen (secondary N) is 1. The monoisotopic (exact) mass is 399 g/mol. The summed E-state index contributed by atoms with van der Waals surface area (Å²) in [6.07, 6.45) is 2.01. The zero-order valence-corrected chi connectivity index (χ0v) is 16.1. The molecule has 7 nitrogen and oxygen atoms in total. The van der Waals surface area contributed by atoms with Gasteiger partial charge in [0.2, 0.25) is 15.9 Å². The van der Waals surface area contributed by atoms with Gasteiger partial charge in [0.25, 0.3) is 5.91 Å². The van der Waals surface area contributed by atoms with Crippen LogP contribution in [0, 0.1) is 0 Å². The Hall–Kier alpha value is -2.87. The van der Waals surface area contributed by atoms with Crippen LogP contribution in [0.3, 0.4) is 0 Å². The Morgan fingerprint density at radius 2 is 1.75 bits per heavy atom. The van der Waals surface area contributed by atoms with Gasteiger partial charge in [0.15, 0.2) is 0 Å². The Bertz CT molecular complexity index is 1020. The first kappa shape index (κ1) is 18.5. The molecule has 4 rings (SSSR count). The second-order valence-electron chi connectivity index (χ2n) is 6.94. The number of hydrogen-bond acceptors (Lipinski definition) is 4. The molecule has 2 aliphatic rings. The maximum Gasteiger partial charge on any atom is 0.255 e. The number of anilines is 3. The summed E-state index contributed by atoms with van der Waals surface area (Å²) in [6.45, 7) is 1.16. The third kappa shape index (κ3) is 3.60. The quantitative estimate of drug-likeness (QED) is 0.856. The van der Waals surface area contributed by atoms with E-state index in [0.29, 0.717) is 42.9 Å². The fourth-order valence-corrected chi connectivity index (χ4v) is 5.14. The Morgan fingerprint density at radius 1 is 0.964 bits per heavy atom. The highest BCUT2D eigenvalue weighted by molar-refractivity contribution is 7.93. The number of carbonyl (C=O) groups excluding carboxylic acids is 2. The van der Waals surface area contributed by atoms with Gasteiger partial charge in [0.1, 0.15) is 0 Å². The molecule has 0 aliphatic carbocycles. The lowest BCUT2D eigenvalue weighted by molar-refractivity contribution is -0.117. The SMILES string of the molecule is O=C(Nc1cccc(N2CCCS2(=O)=O)c1)c1ccc(N2CCCC2=O)cc1. The van der Waals surface area contributed by atoms with Crippen molar-refractivity contribution in [2.75, 3.05) is 33.4 Å². The normalized spacial score (nSPS) is 18.5. The minimum absolute atomic E-state index is 0.103. The van der Waals surface area contributed by atoms with E-state index in [4.69, 9.17) is 0 Å². The van der Waals surface area contributed by atoms with E-state index in [1.54, 1.807) is 53.4 Å². The Labute approximate surface area is 164 Å². The van der Waals surface area contributed by atoms with Gasteiger partial charge in [-0.05, 0) is 55.3 Å². The first-order chi connectivity index (χ1) is 13.4. The van der Waals surface area contributed by atoms with Crippen molar-refractivity contribution in [2.24, 2.45) is 0 Å². The molecule has 0 bridgehead atoms. The predicted molar refractivity (Wildman–Crippen MR) is 108 cm³/mol. The molecule has 2 saturated heterocycles. The summed E-state index contributed by atoms with van der Waals surface area (Å²) in [5.41, 5.74) is 2.34. The summed E-state index contributed by atoms with van der Waals surface area (Å²) in [7, 11) is -3.27. The molecule has 2 fully saturated rings. The highest BCUT2D eigenvalue weighted by atomic mass is 32.2. The summed E-state index contributed by atoms with van der Waals surface area (Å²) in [5, 5.41) is 2.81. The number of sulfonamides is 1. The van der Waals surface area contributed by atoms with E-state index < -0.39 is 10.0 Å². The molecule has 0 spiro atoms. The van der Waals surface area contributed by atoms with Crippen molar-refractivity contribution >= 4 is 38.9 Å². The lowest BCUT2D eigenvalue weighted by atomic mass is 10.1. The molecule has 0 unspecified atom stereocenters. The van der Waals surface area contributed by atoms with E-state index >= 15 is 0 Å². The van der Waals surface area contributed by atoms with Gasteiger partial charge >= 0.3 is 0 Å². The van der Waals surface area contributed by atoms with E-state index in [1.165, 1.54) is 4.31 Å². The molecule has 2 aliphatic heterocycles. The van der Waals surface area contributed by atoms with Crippen molar-refractivity contribution < 1.29 is 18.0 Å². The van der Waals surface area contributed by atoms with Gasteiger partial charge in [-0.15, -0.1) is 0 Å². The molecule has 146 valence electrons. The van der Waals surface area contributed by atoms with Crippen LogP contribution in [0.15, 0.2) is 48.5 Å². The Balaban J connectivity index is 1.48. The molecule has 2 heterocycles. The molecule has 28 heavy (non-hydrogen) atoms. The summed E-state index contributed by atoms with van der Waals surface area (Å²) in [6, 6.07) is 13.7. The average molecular weight is 399 g/mol. The van der Waals surface area contributed by atoms with E-state index in [9.17, 15) is 18.0 Å². The smallest absolute Gasteiger partial charge is 0.255 e. The maximum absolute atomic E-state index is 12.5. The molecule has 2 aromatic carbocycles. The van der Waals surface area contributed by atoms with Gasteiger partial charge < -0.3 is 10.2 Å². The third-order valence-electron chi connectivity index (χ3n) is 5.01. The van der Waals surface area contributed by atoms with Crippen LogP contribution in [0.1, 0.15) is 29.6 Å². The number of nitrogens with zero attached hydrogens (tertiary/aromatic N) is 2. The van der Waals surface area contributed by atoms with Crippen LogP contribution in [-0.4, -0.2) is 39.1 Å². The number of carbonyl (C=O) groups is 2. The van der Waals surface area contributed by atoms with Crippen LogP contribution in [0.2, 0.25) is 0 Å². The lowest BCUT2D eigenvalue weighted by Gasteiger charge is -2.18. The molecule has 8 heteroatoms. The molecule has 2 aromatic rings. The van der Waals surface area contributed by atoms with Gasteiger partial charge in [0.05, 0.1) is 11.4 Å². The van der Waals surface area contributed by atoms with Crippen LogP contribution in [0.25, 0.3) is 0 Å². The van der Waals surface area contributed by atoms with Gasteiger partial charge in [-0.3, -0.25) is 13.9 Å². The van der Waals surface area contributed by atoms with Gasteiger partial charge in [-0.1, -0.05) is 6.07 Å². The highest BCUT2D eigenvalue weighted by Gasteiger charge is 2.28. The minimum atomic E-state index is -3.27. The standard InChI is InChI=1S/C20H21N3O4S/c24-19-6-2-11-22(19)17-9-7-15(8-10-17)20(25)21-16-4-1-5-18(14-16)23-12-3-13-28(23,26)27/h1,4-5,7-10,14H,2-3,6,11-13H2,(H,21,25). The topological polar surface area (TPSA) is 86.8 Å². The second kappa shape index (κ2) is 7.27. The van der Waals surface area contributed by atoms with Crippen LogP contribution >= 0.6 is 0 Å². The predicted octanol–water partition coefficient (Wildman–Crippen LogP) is 2.61. The highest BCUT2D eigenvalue weighted by Crippen LogP contribution is 2.27. The first-order valence-electron chi connectivity index (χ1n) is 9.26. The van der Waals surface area contributed by atoms with Crippen LogP contribution in [-0.2, 0) is 14.8 Å². The van der Waals surface area contributed by atoms with E-state index in [1.807, 2.05) is 0 Å². The molecule has 1 N–H and O–H groups in total. The zero-order valence-electron chi connectivity index (χ0n) is 15.3. The van der Waals surface area contributed by atoms with E-state index in [2.05, 4.69) is 5.32 Å². The van der Waals surface area contributed by atoms with Crippen LogP contribution in [0.4, 0.5) is 17.1 Å². The number of hydrogen-bond donors (Lipinski definition) is 1. The number of amides is 2. The lowest BCUT2D eigenvalue weighted by Crippen LogP contribution is -2.25. The summed E-state index contributed by atoms with van der Waals surface area (Å²) < 4.78 is 25.6. The van der Waals surface area contributed by atoms with Gasteiger partial charge in [0, 0.05) is 36.4 Å². The second-order valence-corrected chi connectivity index (χ2v) is 8.95. The molecule has 0 aromatic heterocycles. The average Bonchev–Trinajstić information content (AvgIpc) is 3.26. The Kier molecular flexibility index (Phi) is 4.80. The van der Waals surface area contributed by atoms with Crippen LogP contribution < -0.4 is 14.5 Å². The van der Waals surface area contributed by atoms with Crippen molar-refractivity contribution in [3.05, 3.63) is 54.1 Å². The van der Waals surface area contributed by atoms with Gasteiger partial charge in [-0.2, -0.15) is 0 Å². The first-order valence-corrected chi connectivity index (χ1v) is 10.9. The van der Waals surface area contributed by atoms with Crippen molar-refractivity contribution in [1.82, 2.24) is 0 Å². The molecular formula is C20H21N3O4S. The van der Waals surface area contributed by atoms with Crippen LogP contribution in [0.5, 0.6) is 0 Å². The van der Waals surface area contributed by atoms with Gasteiger partial charge in [-0.25, -0.2) is 8.42 Å². The number of rotatable bonds is 4. The molecule has 0 saturated carbocycles. The molecule has 0 atom stereocenters. The largest absolute Gasteiger partial charge is 0.322 e. The minimum Gasteiger partial charge on any atom is -0.322 e. The fraction of sp³-hybridized carbons (Fsp3) is 0.300. The molecule has 0 radical (unpaired) electrons. The maximum atomic E-state index is 12.5. The zero-order chi connectivity index (χ0) is 19.7. The number of benzene rings is 2. The van der Waals surface area contributed by atoms with E-state index in [-0.39, 0.29) is 17.6 Å². The summed E-state index contributed by atoms with van der Waals surface area (Å²) in [5.74, 6) is -0.0401. The fourth-order valence-electron chi connectivity index (χ4n) is 3.59. The third-order valence-corrected chi connectivity index (χ3v) is 6.88. The summed E-state index contributed by atoms with van der Waals surface area (Å²) in [4.78, 5) is 26.1.